The molecule has 3 rings (SSSR count). The Morgan fingerprint density at radius 3 is 2.39 bits per heavy atom. The molecule has 0 aliphatic rings. The quantitative estimate of drug-likeness (QED) is 0.498. The van der Waals surface area contributed by atoms with E-state index in [9.17, 15) is 13.2 Å². The number of rotatable bonds is 8. The van der Waals surface area contributed by atoms with Crippen molar-refractivity contribution in [3.8, 4) is 0 Å². The van der Waals surface area contributed by atoms with E-state index in [0.717, 1.165) is 10.1 Å². The second-order valence-electron chi connectivity index (χ2n) is 6.11. The summed E-state index contributed by atoms with van der Waals surface area (Å²) in [5.41, 5.74) is -0.0898. The van der Waals surface area contributed by atoms with Crippen molar-refractivity contribution in [2.24, 2.45) is 0 Å². The van der Waals surface area contributed by atoms with Gasteiger partial charge in [-0.3, -0.25) is 9.10 Å². The lowest BCUT2D eigenvalue weighted by atomic mass is 10.1. The molecule has 0 atom stereocenters. The highest BCUT2D eigenvalue weighted by molar-refractivity contribution is 7.93. The molecule has 0 bridgehead atoms. The minimum absolute atomic E-state index is 0.0172. The maximum Gasteiger partial charge on any atom is 0.264 e. The zero-order chi connectivity index (χ0) is 20.3. The Labute approximate surface area is 173 Å². The van der Waals surface area contributed by atoms with Gasteiger partial charge in [0.25, 0.3) is 10.0 Å². The lowest BCUT2D eigenvalue weighted by Crippen LogP contribution is -2.33. The second kappa shape index (κ2) is 8.43. The molecule has 3 aromatic rings. The van der Waals surface area contributed by atoms with E-state index in [2.05, 4.69) is 0 Å². The number of halogens is 1. The number of fused-ring (bicyclic) bond motifs is 1. The summed E-state index contributed by atoms with van der Waals surface area (Å²) in [7, 11) is -3.90. The van der Waals surface area contributed by atoms with Crippen LogP contribution in [0.3, 0.4) is 0 Å². The number of nitrogens with zero attached hydrogens (tertiary/aromatic N) is 1. The number of hydrogen-bond donors (Lipinski definition) is 1. The fourth-order valence-electron chi connectivity index (χ4n) is 2.78. The average molecular weight is 435 g/mol. The van der Waals surface area contributed by atoms with E-state index < -0.39 is 10.0 Å². The standard InChI is InChI=1S/C20H19ClN2O3S2/c1-2-17(24)16(22)12-13-23(28(25,26)14-8-4-3-5-9-14)20-19(21)15-10-6-7-11-18(15)27-20/h3-11,22H,2,12-13H2,1H3. The van der Waals surface area contributed by atoms with Crippen LogP contribution >= 0.6 is 22.9 Å². The molecule has 0 radical (unpaired) electrons. The van der Waals surface area contributed by atoms with Gasteiger partial charge in [0.15, 0.2) is 5.78 Å². The Bertz CT molecular complexity index is 1120. The summed E-state index contributed by atoms with van der Waals surface area (Å²) in [6.07, 6.45) is 0.233. The molecule has 146 valence electrons. The van der Waals surface area contributed by atoms with E-state index in [-0.39, 0.29) is 35.8 Å². The average Bonchev–Trinajstić information content (AvgIpc) is 3.04. The van der Waals surface area contributed by atoms with Crippen molar-refractivity contribution in [2.75, 3.05) is 10.8 Å². The molecule has 0 fully saturated rings. The monoisotopic (exact) mass is 434 g/mol. The summed E-state index contributed by atoms with van der Waals surface area (Å²) in [6.45, 7) is 1.65. The SMILES string of the molecule is CCC(=O)C(=N)CCN(c1sc2ccccc2c1Cl)S(=O)(=O)c1ccccc1. The zero-order valence-corrected chi connectivity index (χ0v) is 17.6. The summed E-state index contributed by atoms with van der Waals surface area (Å²) in [5.74, 6) is -0.292. The van der Waals surface area contributed by atoms with Gasteiger partial charge in [0, 0.05) is 29.5 Å². The van der Waals surface area contributed by atoms with Crippen LogP contribution in [0, 0.1) is 5.41 Å². The number of thiophene rings is 1. The molecule has 0 amide bonds. The van der Waals surface area contributed by atoms with E-state index in [1.807, 2.05) is 24.3 Å². The fourth-order valence-corrected chi connectivity index (χ4v) is 6.10. The lowest BCUT2D eigenvalue weighted by molar-refractivity contribution is -0.112. The van der Waals surface area contributed by atoms with Crippen LogP contribution in [-0.4, -0.2) is 26.5 Å². The summed E-state index contributed by atoms with van der Waals surface area (Å²) >= 11 is 7.81. The summed E-state index contributed by atoms with van der Waals surface area (Å²) < 4.78 is 28.8. The molecule has 0 unspecified atom stereocenters. The first-order valence-electron chi connectivity index (χ1n) is 8.71. The van der Waals surface area contributed by atoms with Crippen LogP contribution in [0.5, 0.6) is 0 Å². The molecule has 5 nitrogen and oxygen atoms in total. The minimum Gasteiger partial charge on any atom is -0.302 e. The first-order chi connectivity index (χ1) is 13.4. The van der Waals surface area contributed by atoms with Crippen LogP contribution in [0.25, 0.3) is 10.1 Å². The maximum absolute atomic E-state index is 13.3. The molecule has 2 aromatic carbocycles. The third kappa shape index (κ3) is 3.97. The molecule has 0 saturated carbocycles. The fraction of sp³-hybridized carbons (Fsp3) is 0.200. The first-order valence-corrected chi connectivity index (χ1v) is 11.3. The predicted molar refractivity (Wildman–Crippen MR) is 115 cm³/mol. The highest BCUT2D eigenvalue weighted by Crippen LogP contribution is 2.43. The smallest absolute Gasteiger partial charge is 0.264 e. The molecule has 1 aromatic heterocycles. The molecule has 0 saturated heterocycles. The Morgan fingerprint density at radius 1 is 1.11 bits per heavy atom. The maximum atomic E-state index is 13.3. The Hall–Kier alpha value is -2.22. The molecular formula is C20H19ClN2O3S2. The Morgan fingerprint density at radius 2 is 1.75 bits per heavy atom. The topological polar surface area (TPSA) is 78.3 Å². The number of sulfonamides is 1. The predicted octanol–water partition coefficient (Wildman–Crippen LogP) is 5.14. The number of carbonyl (C=O) groups excluding carboxylic acids is 1. The van der Waals surface area contributed by atoms with E-state index in [0.29, 0.717) is 10.0 Å². The van der Waals surface area contributed by atoms with Gasteiger partial charge in [0.1, 0.15) is 5.00 Å². The van der Waals surface area contributed by atoms with Crippen LogP contribution in [0.15, 0.2) is 59.5 Å². The van der Waals surface area contributed by atoms with Crippen molar-refractivity contribution in [1.29, 1.82) is 5.41 Å². The zero-order valence-electron chi connectivity index (χ0n) is 15.2. The van der Waals surface area contributed by atoms with E-state index in [4.69, 9.17) is 17.0 Å². The van der Waals surface area contributed by atoms with Gasteiger partial charge in [-0.25, -0.2) is 8.42 Å². The van der Waals surface area contributed by atoms with E-state index in [1.54, 1.807) is 25.1 Å². The molecule has 0 aliphatic heterocycles. The molecule has 0 spiro atoms. The van der Waals surface area contributed by atoms with Crippen molar-refractivity contribution in [3.63, 3.8) is 0 Å². The van der Waals surface area contributed by atoms with Crippen molar-refractivity contribution in [1.82, 2.24) is 0 Å². The molecule has 28 heavy (non-hydrogen) atoms. The van der Waals surface area contributed by atoms with Gasteiger partial charge in [0.05, 0.1) is 15.6 Å². The van der Waals surface area contributed by atoms with E-state index >= 15 is 0 Å². The normalized spacial score (nSPS) is 11.5. The van der Waals surface area contributed by atoms with Crippen molar-refractivity contribution in [2.45, 2.75) is 24.7 Å². The van der Waals surface area contributed by atoms with Gasteiger partial charge in [0.2, 0.25) is 0 Å². The lowest BCUT2D eigenvalue weighted by Gasteiger charge is -2.23. The molecule has 0 aliphatic carbocycles. The minimum atomic E-state index is -3.90. The molecule has 8 heteroatoms. The Kier molecular flexibility index (Phi) is 6.17. The summed E-state index contributed by atoms with van der Waals surface area (Å²) in [4.78, 5) is 11.9. The van der Waals surface area contributed by atoms with Crippen LogP contribution in [0.1, 0.15) is 19.8 Å². The van der Waals surface area contributed by atoms with Gasteiger partial charge in [-0.05, 0) is 18.2 Å². The van der Waals surface area contributed by atoms with Crippen LogP contribution in [0.2, 0.25) is 5.02 Å². The molecule has 1 N–H and O–H groups in total. The number of carbonyl (C=O) groups is 1. The number of ketones is 1. The van der Waals surface area contributed by atoms with Crippen molar-refractivity contribution < 1.29 is 13.2 Å². The number of hydrogen-bond acceptors (Lipinski definition) is 5. The highest BCUT2D eigenvalue weighted by atomic mass is 35.5. The largest absolute Gasteiger partial charge is 0.302 e. The van der Waals surface area contributed by atoms with Gasteiger partial charge >= 0.3 is 0 Å². The highest BCUT2D eigenvalue weighted by Gasteiger charge is 2.29. The van der Waals surface area contributed by atoms with Gasteiger partial charge in [-0.1, -0.05) is 54.9 Å². The van der Waals surface area contributed by atoms with Crippen molar-refractivity contribution in [3.05, 3.63) is 59.6 Å². The van der Waals surface area contributed by atoms with Crippen LogP contribution in [0.4, 0.5) is 5.00 Å². The van der Waals surface area contributed by atoms with E-state index in [1.165, 1.54) is 27.8 Å². The molecular weight excluding hydrogens is 416 g/mol. The van der Waals surface area contributed by atoms with Crippen molar-refractivity contribution >= 4 is 59.5 Å². The third-order valence-corrected chi connectivity index (χ3v) is 7.92. The second-order valence-corrected chi connectivity index (χ2v) is 9.38. The number of anilines is 1. The van der Waals surface area contributed by atoms with Gasteiger partial charge in [-0.2, -0.15) is 0 Å². The summed E-state index contributed by atoms with van der Waals surface area (Å²) in [6, 6.07) is 15.5. The van der Waals surface area contributed by atoms with Gasteiger partial charge in [-0.15, -0.1) is 11.3 Å². The number of nitrogens with one attached hydrogen (secondary N) is 1. The first kappa shape index (κ1) is 20.5. The molecule has 1 heterocycles. The van der Waals surface area contributed by atoms with Crippen LogP contribution in [-0.2, 0) is 14.8 Å². The summed E-state index contributed by atoms with van der Waals surface area (Å²) in [5, 5.41) is 9.44. The number of benzene rings is 2. The van der Waals surface area contributed by atoms with Gasteiger partial charge < -0.3 is 5.41 Å². The Balaban J connectivity index is 2.07. The third-order valence-electron chi connectivity index (χ3n) is 4.30. The van der Waals surface area contributed by atoms with Crippen LogP contribution < -0.4 is 4.31 Å². The number of Topliss-reactive ketones (excluding diaryl/α,β-unsaturated/α-hetero) is 1.